The van der Waals surface area contributed by atoms with E-state index >= 15 is 0 Å². The first kappa shape index (κ1) is 52.0. The number of aliphatic hydroxyl groups is 3. The summed E-state index contributed by atoms with van der Waals surface area (Å²) in [5.41, 5.74) is 2.09. The average Bonchev–Trinajstić information content (AvgIpc) is 3.80. The van der Waals surface area contributed by atoms with Crippen molar-refractivity contribution in [3.8, 4) is 34.3 Å². The predicted molar refractivity (Wildman–Crippen MR) is 249 cm³/mol. The molecule has 0 aliphatic carbocycles. The molecule has 3 aromatic carbocycles. The van der Waals surface area contributed by atoms with Gasteiger partial charge in [-0.05, 0) is 63.1 Å². The average molecular weight is 961 g/mol. The quantitative estimate of drug-likeness (QED) is 0.0312. The van der Waals surface area contributed by atoms with Crippen LogP contribution in [-0.2, 0) is 52.8 Å². The maximum Gasteiger partial charge on any atom is 0.312 e. The van der Waals surface area contributed by atoms with Gasteiger partial charge in [0.25, 0.3) is 0 Å². The van der Waals surface area contributed by atoms with E-state index in [2.05, 4.69) is 10.3 Å². The van der Waals surface area contributed by atoms with Gasteiger partial charge in [-0.25, -0.2) is 4.68 Å². The summed E-state index contributed by atoms with van der Waals surface area (Å²) >= 11 is 0. The topological polar surface area (TPSA) is 264 Å². The number of hydrogen-bond acceptors (Lipinski definition) is 19. The summed E-state index contributed by atoms with van der Waals surface area (Å²) in [6, 6.07) is 17.0. The standard InChI is InChI=1S/C49H60N4O16/c1-5-38-42(58)44(60)45(61)49(67-38)66-26-25-63-23-21-53-28-32(50-51-53)29-64-22-19-52(33-9-7-6-8-10-33)20-24-65-39(56)17-18-40(57)68-48-43(59)41-37(55)27-36(54)35(16-11-30(2)3)47(41)69-46(48)31-12-14-34(62-4)15-13-31/h6-15,27-28,38,42,44-45,49,54-55,58,60-61H,5,16-26,29H2,1-4H3/t38-,42-,44+,45-,49-/m0/s1. The Kier molecular flexibility index (Phi) is 19.1. The van der Waals surface area contributed by atoms with Gasteiger partial charge in [0.05, 0.1) is 78.4 Å². The molecule has 20 heteroatoms. The van der Waals surface area contributed by atoms with Crippen molar-refractivity contribution in [3.05, 3.63) is 100.0 Å². The Labute approximate surface area is 398 Å². The Bertz CT molecular complexity index is 2540. The number of aliphatic hydroxyl groups excluding tert-OH is 3. The number of carbonyl (C=O) groups excluding carboxylic acids is 2. The molecule has 1 fully saturated rings. The highest BCUT2D eigenvalue weighted by atomic mass is 16.7. The van der Waals surface area contributed by atoms with Crippen molar-refractivity contribution in [1.82, 2.24) is 15.0 Å². The maximum atomic E-state index is 14.0. The largest absolute Gasteiger partial charge is 0.507 e. The van der Waals surface area contributed by atoms with Crippen LogP contribution in [0.25, 0.3) is 22.3 Å². The van der Waals surface area contributed by atoms with Crippen molar-refractivity contribution in [2.45, 2.75) is 90.3 Å². The van der Waals surface area contributed by atoms with Gasteiger partial charge in [-0.2, -0.15) is 0 Å². The van der Waals surface area contributed by atoms with E-state index in [1.807, 2.05) is 55.2 Å². The molecule has 0 unspecified atom stereocenters. The fourth-order valence-electron chi connectivity index (χ4n) is 7.36. The van der Waals surface area contributed by atoms with E-state index in [9.17, 15) is 39.9 Å². The molecule has 20 nitrogen and oxygen atoms in total. The molecule has 5 aromatic rings. The number of aromatic hydroxyl groups is 2. The summed E-state index contributed by atoms with van der Waals surface area (Å²) < 4.78 is 46.8. The van der Waals surface area contributed by atoms with Gasteiger partial charge in [-0.15, -0.1) is 5.10 Å². The molecule has 1 saturated heterocycles. The number of carbonyl (C=O) groups is 2. The van der Waals surface area contributed by atoms with Crippen molar-refractivity contribution in [2.24, 2.45) is 0 Å². The second-order valence-electron chi connectivity index (χ2n) is 16.3. The predicted octanol–water partition coefficient (Wildman–Crippen LogP) is 4.18. The fraction of sp³-hybridized carbons (Fsp3) is 0.449. The number of hydrogen-bond donors (Lipinski definition) is 5. The number of fused-ring (bicyclic) bond motifs is 1. The van der Waals surface area contributed by atoms with Gasteiger partial charge in [-0.3, -0.25) is 14.4 Å². The molecule has 69 heavy (non-hydrogen) atoms. The summed E-state index contributed by atoms with van der Waals surface area (Å²) in [5.74, 6) is -2.55. The highest BCUT2D eigenvalue weighted by molar-refractivity contribution is 5.92. The molecular formula is C49H60N4O16. The molecule has 5 N–H and O–H groups in total. The molecular weight excluding hydrogens is 901 g/mol. The van der Waals surface area contributed by atoms with E-state index in [1.54, 1.807) is 42.1 Å². The lowest BCUT2D eigenvalue weighted by Crippen LogP contribution is -2.58. The van der Waals surface area contributed by atoms with Crippen LogP contribution >= 0.6 is 0 Å². The van der Waals surface area contributed by atoms with Crippen LogP contribution in [-0.4, -0.2) is 136 Å². The first-order valence-electron chi connectivity index (χ1n) is 22.6. The first-order chi connectivity index (χ1) is 33.3. The Balaban J connectivity index is 0.961. The minimum atomic E-state index is -1.38. The zero-order valence-electron chi connectivity index (χ0n) is 39.0. The van der Waals surface area contributed by atoms with E-state index in [4.69, 9.17) is 37.6 Å². The van der Waals surface area contributed by atoms with E-state index in [0.717, 1.165) is 17.3 Å². The number of para-hydroxylation sites is 1. The molecule has 5 atom stereocenters. The molecule has 0 saturated carbocycles. The van der Waals surface area contributed by atoms with Crippen molar-refractivity contribution >= 4 is 28.6 Å². The number of ether oxygens (including phenoxy) is 7. The zero-order chi connectivity index (χ0) is 49.5. The summed E-state index contributed by atoms with van der Waals surface area (Å²) in [6.45, 7) is 7.77. The molecule has 372 valence electrons. The van der Waals surface area contributed by atoms with Crippen LogP contribution in [0, 0.1) is 0 Å². The van der Waals surface area contributed by atoms with Crippen molar-refractivity contribution in [2.75, 3.05) is 58.1 Å². The second kappa shape index (κ2) is 25.3. The fourth-order valence-corrected chi connectivity index (χ4v) is 7.36. The molecule has 1 aliphatic heterocycles. The summed E-state index contributed by atoms with van der Waals surface area (Å²) in [5, 5.41) is 59.8. The molecule has 0 radical (unpaired) electrons. The van der Waals surface area contributed by atoms with Crippen LogP contribution in [0.3, 0.4) is 0 Å². The van der Waals surface area contributed by atoms with Gasteiger partial charge in [0.1, 0.15) is 58.8 Å². The molecule has 2 aromatic heterocycles. The van der Waals surface area contributed by atoms with E-state index in [1.165, 1.54) is 7.11 Å². The molecule has 0 bridgehead atoms. The monoisotopic (exact) mass is 960 g/mol. The molecule has 0 spiro atoms. The lowest BCUT2D eigenvalue weighted by Gasteiger charge is -2.40. The maximum absolute atomic E-state index is 14.0. The van der Waals surface area contributed by atoms with Crippen molar-refractivity contribution in [3.63, 3.8) is 0 Å². The lowest BCUT2D eigenvalue weighted by molar-refractivity contribution is -0.298. The van der Waals surface area contributed by atoms with Gasteiger partial charge >= 0.3 is 11.9 Å². The summed E-state index contributed by atoms with van der Waals surface area (Å²) in [6.07, 6.45) is -2.25. The van der Waals surface area contributed by atoms with Gasteiger partial charge < -0.3 is 68.0 Å². The van der Waals surface area contributed by atoms with E-state index in [-0.39, 0.29) is 67.3 Å². The van der Waals surface area contributed by atoms with Crippen LogP contribution in [0.5, 0.6) is 23.0 Å². The highest BCUT2D eigenvalue weighted by Crippen LogP contribution is 2.39. The van der Waals surface area contributed by atoms with Crippen LogP contribution in [0.2, 0.25) is 0 Å². The van der Waals surface area contributed by atoms with Crippen LogP contribution in [0.15, 0.2) is 87.7 Å². The lowest BCUT2D eigenvalue weighted by atomic mass is 9.97. The second-order valence-corrected chi connectivity index (χ2v) is 16.3. The smallest absolute Gasteiger partial charge is 0.312 e. The van der Waals surface area contributed by atoms with E-state index in [0.29, 0.717) is 56.3 Å². The SMILES string of the molecule is CC[C@@H]1O[C@H](OCCOCCn2cc(COCCN(CCOC(=O)CCC(=O)Oc3c(-c4ccc(OC)cc4)oc4c(CC=C(C)C)c(O)cc(O)c4c3=O)c3ccccc3)nn2)[C@@H](O)[C@H](O)[C@H]1O. The van der Waals surface area contributed by atoms with E-state index < -0.39 is 66.0 Å². The number of nitrogens with zero attached hydrogens (tertiary/aromatic N) is 4. The zero-order valence-corrected chi connectivity index (χ0v) is 39.0. The third-order valence-electron chi connectivity index (χ3n) is 11.1. The number of anilines is 1. The van der Waals surface area contributed by atoms with Gasteiger partial charge in [0.15, 0.2) is 12.1 Å². The Morgan fingerprint density at radius 2 is 1.61 bits per heavy atom. The number of allylic oxidation sites excluding steroid dienone is 2. The van der Waals surface area contributed by atoms with Crippen LogP contribution < -0.4 is 19.8 Å². The Morgan fingerprint density at radius 1 is 0.870 bits per heavy atom. The number of phenols is 2. The first-order valence-corrected chi connectivity index (χ1v) is 22.6. The molecule has 1 aliphatic rings. The number of phenolic OH excluding ortho intramolecular Hbond substituents is 2. The minimum absolute atomic E-state index is 0.00866. The normalized spacial score (nSPS) is 17.9. The molecule has 0 amide bonds. The third-order valence-corrected chi connectivity index (χ3v) is 11.1. The number of benzene rings is 3. The number of esters is 2. The number of aromatic nitrogens is 3. The third kappa shape index (κ3) is 14.1. The number of rotatable bonds is 25. The van der Waals surface area contributed by atoms with Crippen LogP contribution in [0.1, 0.15) is 51.3 Å². The Hall–Kier alpha value is -6.39. The number of methoxy groups -OCH3 is 1. The van der Waals surface area contributed by atoms with Crippen LogP contribution in [0.4, 0.5) is 5.69 Å². The summed E-state index contributed by atoms with van der Waals surface area (Å²) in [4.78, 5) is 42.1. The molecule has 6 rings (SSSR count). The van der Waals surface area contributed by atoms with Crippen molar-refractivity contribution in [1.29, 1.82) is 0 Å². The van der Waals surface area contributed by atoms with Gasteiger partial charge in [-0.1, -0.05) is 42.0 Å². The highest BCUT2D eigenvalue weighted by Gasteiger charge is 2.43. The summed E-state index contributed by atoms with van der Waals surface area (Å²) in [7, 11) is 1.49. The van der Waals surface area contributed by atoms with Gasteiger partial charge in [0, 0.05) is 29.4 Å². The molecule has 3 heterocycles. The van der Waals surface area contributed by atoms with Crippen molar-refractivity contribution < 1.29 is 72.7 Å². The Morgan fingerprint density at radius 3 is 2.33 bits per heavy atom. The minimum Gasteiger partial charge on any atom is -0.507 e. The van der Waals surface area contributed by atoms with Gasteiger partial charge in [0.2, 0.25) is 11.2 Å².